The van der Waals surface area contributed by atoms with E-state index in [1.54, 1.807) is 13.2 Å². The highest BCUT2D eigenvalue weighted by atomic mass is 32.1. The van der Waals surface area contributed by atoms with Crippen molar-refractivity contribution in [1.82, 2.24) is 10.6 Å². The largest absolute Gasteiger partial charge is 0.493 e. The molecule has 2 rings (SSSR count). The van der Waals surface area contributed by atoms with Gasteiger partial charge in [-0.25, -0.2) is 0 Å². The molecule has 0 saturated carbocycles. The minimum absolute atomic E-state index is 0.237. The molecule has 112 valence electrons. The Labute approximate surface area is 129 Å². The van der Waals surface area contributed by atoms with Gasteiger partial charge in [-0.1, -0.05) is 19.9 Å². The van der Waals surface area contributed by atoms with Crippen LogP contribution >= 0.6 is 12.2 Å². The van der Waals surface area contributed by atoms with Gasteiger partial charge in [0, 0.05) is 0 Å². The molecule has 0 aromatic heterocycles. The number of nitrogens with one attached hydrogen (secondary N) is 2. The predicted molar refractivity (Wildman–Crippen MR) is 85.2 cm³/mol. The summed E-state index contributed by atoms with van der Waals surface area (Å²) in [6.45, 7) is 4.78. The molecule has 1 aromatic carbocycles. The first-order valence-electron chi connectivity index (χ1n) is 6.64. The highest BCUT2D eigenvalue weighted by Crippen LogP contribution is 2.29. The average Bonchev–Trinajstić information content (AvgIpc) is 2.75. The molecular weight excluding hydrogens is 288 g/mol. The zero-order chi connectivity index (χ0) is 15.4. The van der Waals surface area contributed by atoms with E-state index in [9.17, 15) is 4.79 Å². The number of ether oxygens (including phenoxy) is 2. The minimum atomic E-state index is -0.237. The van der Waals surface area contributed by atoms with E-state index >= 15 is 0 Å². The molecule has 5 nitrogen and oxygen atoms in total. The maximum atomic E-state index is 11.6. The van der Waals surface area contributed by atoms with Gasteiger partial charge < -0.3 is 14.8 Å². The fourth-order valence-electron chi connectivity index (χ4n) is 1.80. The molecule has 1 amide bonds. The normalized spacial score (nSPS) is 16.1. The quantitative estimate of drug-likeness (QED) is 0.644. The van der Waals surface area contributed by atoms with Gasteiger partial charge in [-0.3, -0.25) is 10.1 Å². The molecule has 0 spiro atoms. The van der Waals surface area contributed by atoms with E-state index < -0.39 is 0 Å². The predicted octanol–water partition coefficient (Wildman–Crippen LogP) is 2.08. The fourth-order valence-corrected chi connectivity index (χ4v) is 2.00. The van der Waals surface area contributed by atoms with Crippen molar-refractivity contribution < 1.29 is 14.3 Å². The zero-order valence-corrected chi connectivity index (χ0v) is 13.0. The first-order chi connectivity index (χ1) is 9.99. The van der Waals surface area contributed by atoms with Gasteiger partial charge in [0.25, 0.3) is 5.91 Å². The topological polar surface area (TPSA) is 59.6 Å². The van der Waals surface area contributed by atoms with Crippen molar-refractivity contribution in [2.24, 2.45) is 5.92 Å². The molecule has 1 aliphatic heterocycles. The Bertz CT molecular complexity index is 597. The Kier molecular flexibility index (Phi) is 4.80. The third-order valence-corrected chi connectivity index (χ3v) is 2.99. The Morgan fingerprint density at radius 3 is 2.62 bits per heavy atom. The fraction of sp³-hybridized carbons (Fsp3) is 0.333. The number of rotatable bonds is 5. The van der Waals surface area contributed by atoms with Crippen molar-refractivity contribution >= 4 is 29.3 Å². The maximum absolute atomic E-state index is 11.6. The summed E-state index contributed by atoms with van der Waals surface area (Å²) in [5, 5.41) is 5.64. The van der Waals surface area contributed by atoms with Gasteiger partial charge in [-0.2, -0.15) is 0 Å². The van der Waals surface area contributed by atoms with E-state index in [4.69, 9.17) is 21.7 Å². The summed E-state index contributed by atoms with van der Waals surface area (Å²) in [5.41, 5.74) is 1.24. The van der Waals surface area contributed by atoms with Gasteiger partial charge in [0.15, 0.2) is 16.6 Å². The van der Waals surface area contributed by atoms with Crippen LogP contribution in [0.1, 0.15) is 19.4 Å². The van der Waals surface area contributed by atoms with Crippen molar-refractivity contribution in [3.05, 3.63) is 29.5 Å². The van der Waals surface area contributed by atoms with Gasteiger partial charge in [-0.15, -0.1) is 0 Å². The third kappa shape index (κ3) is 3.95. The van der Waals surface area contributed by atoms with Crippen molar-refractivity contribution in [3.63, 3.8) is 0 Å². The van der Waals surface area contributed by atoms with E-state index in [-0.39, 0.29) is 5.91 Å². The standard InChI is InChI=1S/C15H18N2O3S/c1-9(2)8-20-12-5-4-10(7-13(12)19-3)6-11-14(18)17-15(21)16-11/h4-7,9H,8H2,1-3H3,(H2,16,17,18,21)/b11-6-. The average molecular weight is 306 g/mol. The maximum Gasteiger partial charge on any atom is 0.273 e. The lowest BCUT2D eigenvalue weighted by Crippen LogP contribution is -2.21. The van der Waals surface area contributed by atoms with Gasteiger partial charge in [-0.05, 0) is 41.9 Å². The molecule has 6 heteroatoms. The Morgan fingerprint density at radius 2 is 2.05 bits per heavy atom. The molecule has 0 radical (unpaired) electrons. The summed E-state index contributed by atoms with van der Waals surface area (Å²) >= 11 is 4.89. The molecule has 0 bridgehead atoms. The molecule has 0 unspecified atom stereocenters. The van der Waals surface area contributed by atoms with Crippen molar-refractivity contribution in [2.75, 3.05) is 13.7 Å². The first-order valence-corrected chi connectivity index (χ1v) is 7.05. The van der Waals surface area contributed by atoms with Crippen LogP contribution in [0.5, 0.6) is 11.5 Å². The van der Waals surface area contributed by atoms with Gasteiger partial charge in [0.05, 0.1) is 13.7 Å². The molecule has 21 heavy (non-hydrogen) atoms. The Morgan fingerprint density at radius 1 is 1.29 bits per heavy atom. The van der Waals surface area contributed by atoms with Gasteiger partial charge in [0.2, 0.25) is 0 Å². The monoisotopic (exact) mass is 306 g/mol. The van der Waals surface area contributed by atoms with E-state index in [1.807, 2.05) is 18.2 Å². The Balaban J connectivity index is 2.21. The molecule has 1 aliphatic rings. The molecule has 1 fully saturated rings. The molecule has 0 aliphatic carbocycles. The van der Waals surface area contributed by atoms with E-state index in [0.717, 1.165) is 5.56 Å². The molecule has 2 N–H and O–H groups in total. The lowest BCUT2D eigenvalue weighted by Gasteiger charge is -2.13. The smallest absolute Gasteiger partial charge is 0.273 e. The van der Waals surface area contributed by atoms with Crippen LogP contribution in [0.25, 0.3) is 6.08 Å². The van der Waals surface area contributed by atoms with Crippen LogP contribution < -0.4 is 20.1 Å². The number of carbonyl (C=O) groups excluding carboxylic acids is 1. The van der Waals surface area contributed by atoms with Gasteiger partial charge >= 0.3 is 0 Å². The second-order valence-electron chi connectivity index (χ2n) is 5.08. The Hall–Kier alpha value is -2.08. The number of benzene rings is 1. The molecule has 1 saturated heterocycles. The summed E-state index contributed by atoms with van der Waals surface area (Å²) in [4.78, 5) is 11.6. The summed E-state index contributed by atoms with van der Waals surface area (Å²) in [6, 6.07) is 5.51. The highest BCUT2D eigenvalue weighted by Gasteiger charge is 2.20. The van der Waals surface area contributed by atoms with Gasteiger partial charge in [0.1, 0.15) is 5.70 Å². The second-order valence-corrected chi connectivity index (χ2v) is 5.49. The van der Waals surface area contributed by atoms with Crippen LogP contribution in [0.2, 0.25) is 0 Å². The number of hydrogen-bond acceptors (Lipinski definition) is 4. The first kappa shape index (κ1) is 15.3. The van der Waals surface area contributed by atoms with E-state index in [2.05, 4.69) is 24.5 Å². The SMILES string of the molecule is COc1cc(/C=C2\NC(=S)NC2=O)ccc1OCC(C)C. The summed E-state index contributed by atoms with van der Waals surface area (Å²) in [6.07, 6.45) is 1.71. The number of thiocarbonyl (C=S) groups is 1. The molecule has 1 aromatic rings. The molecule has 0 atom stereocenters. The molecular formula is C15H18N2O3S. The van der Waals surface area contributed by atoms with Crippen LogP contribution in [0.3, 0.4) is 0 Å². The number of methoxy groups -OCH3 is 1. The third-order valence-electron chi connectivity index (χ3n) is 2.79. The minimum Gasteiger partial charge on any atom is -0.493 e. The van der Waals surface area contributed by atoms with Crippen LogP contribution in [0.4, 0.5) is 0 Å². The van der Waals surface area contributed by atoms with Crippen LogP contribution in [0, 0.1) is 5.92 Å². The second kappa shape index (κ2) is 6.58. The van der Waals surface area contributed by atoms with Crippen molar-refractivity contribution in [3.8, 4) is 11.5 Å². The summed E-state index contributed by atoms with van der Waals surface area (Å²) in [5.74, 6) is 1.52. The zero-order valence-electron chi connectivity index (χ0n) is 12.2. The number of carbonyl (C=O) groups is 1. The summed E-state index contributed by atoms with van der Waals surface area (Å²) in [7, 11) is 1.59. The lowest BCUT2D eigenvalue weighted by atomic mass is 10.1. The van der Waals surface area contributed by atoms with Crippen molar-refractivity contribution in [2.45, 2.75) is 13.8 Å². The summed E-state index contributed by atoms with van der Waals surface area (Å²) < 4.78 is 11.0. The highest BCUT2D eigenvalue weighted by molar-refractivity contribution is 7.80. The number of hydrogen-bond donors (Lipinski definition) is 2. The van der Waals surface area contributed by atoms with Crippen molar-refractivity contribution in [1.29, 1.82) is 0 Å². The number of amides is 1. The van der Waals surface area contributed by atoms with E-state index in [1.165, 1.54) is 0 Å². The molecule has 1 heterocycles. The lowest BCUT2D eigenvalue weighted by molar-refractivity contribution is -0.115. The van der Waals surface area contributed by atoms with Crippen LogP contribution in [-0.2, 0) is 4.79 Å². The van der Waals surface area contributed by atoms with Crippen LogP contribution in [0.15, 0.2) is 23.9 Å². The van der Waals surface area contributed by atoms with Crippen LogP contribution in [-0.4, -0.2) is 24.7 Å². The van der Waals surface area contributed by atoms with E-state index in [0.29, 0.717) is 34.8 Å².